The zero-order valence-corrected chi connectivity index (χ0v) is 15.2. The molecule has 0 bridgehead atoms. The zero-order chi connectivity index (χ0) is 17.8. The van der Waals surface area contributed by atoms with E-state index in [1.807, 2.05) is 29.6 Å². The molecule has 0 aliphatic carbocycles. The number of nitrogens with zero attached hydrogens (tertiary/aromatic N) is 3. The Morgan fingerprint density at radius 2 is 2.04 bits per heavy atom. The zero-order valence-electron chi connectivity index (χ0n) is 15.2. The van der Waals surface area contributed by atoms with Crippen LogP contribution in [0.3, 0.4) is 0 Å². The van der Waals surface area contributed by atoms with Gasteiger partial charge in [-0.05, 0) is 37.3 Å². The average Bonchev–Trinajstić information content (AvgIpc) is 3.02. The van der Waals surface area contributed by atoms with Crippen LogP contribution in [0.2, 0.25) is 0 Å². The first-order chi connectivity index (χ1) is 12.8. The molecule has 4 heterocycles. The van der Waals surface area contributed by atoms with Crippen molar-refractivity contribution in [2.24, 2.45) is 11.8 Å². The van der Waals surface area contributed by atoms with E-state index in [4.69, 9.17) is 9.47 Å². The Morgan fingerprint density at radius 3 is 2.92 bits per heavy atom. The normalized spacial score (nSPS) is 22.5. The fourth-order valence-corrected chi connectivity index (χ4v) is 4.02. The van der Waals surface area contributed by atoms with Crippen LogP contribution in [0.5, 0.6) is 0 Å². The van der Waals surface area contributed by atoms with Gasteiger partial charge in [0.05, 0.1) is 24.4 Å². The summed E-state index contributed by atoms with van der Waals surface area (Å²) in [6.07, 6.45) is 9.31. The summed E-state index contributed by atoms with van der Waals surface area (Å²) in [5.74, 6) is 1.01. The van der Waals surface area contributed by atoms with Crippen molar-refractivity contribution in [3.05, 3.63) is 36.4 Å². The van der Waals surface area contributed by atoms with E-state index in [2.05, 4.69) is 15.5 Å². The van der Waals surface area contributed by atoms with Crippen LogP contribution >= 0.6 is 0 Å². The molecule has 1 amide bonds. The highest BCUT2D eigenvalue weighted by Gasteiger charge is 2.26. The lowest BCUT2D eigenvalue weighted by Gasteiger charge is -2.27. The second-order valence-electron chi connectivity index (χ2n) is 7.42. The van der Waals surface area contributed by atoms with Crippen molar-refractivity contribution >= 4 is 11.4 Å². The lowest BCUT2D eigenvalue weighted by Crippen LogP contribution is -2.38. The van der Waals surface area contributed by atoms with Gasteiger partial charge in [0.1, 0.15) is 0 Å². The van der Waals surface area contributed by atoms with Crippen molar-refractivity contribution in [2.75, 3.05) is 39.5 Å². The monoisotopic (exact) mass is 357 g/mol. The first kappa shape index (κ1) is 17.5. The summed E-state index contributed by atoms with van der Waals surface area (Å²) in [4.78, 5) is 19.4. The SMILES string of the molecule is O=C(CC1CCOCC1)N1CCOCC(Cc2nccn3cccc23)C1. The predicted molar refractivity (Wildman–Crippen MR) is 97.9 cm³/mol. The third-order valence-electron chi connectivity index (χ3n) is 5.51. The van der Waals surface area contributed by atoms with Crippen molar-refractivity contribution in [2.45, 2.75) is 25.7 Å². The van der Waals surface area contributed by atoms with Gasteiger partial charge in [-0.1, -0.05) is 0 Å². The summed E-state index contributed by atoms with van der Waals surface area (Å²) < 4.78 is 13.3. The number of carbonyl (C=O) groups is 1. The second kappa shape index (κ2) is 8.18. The van der Waals surface area contributed by atoms with Crippen molar-refractivity contribution in [3.8, 4) is 0 Å². The van der Waals surface area contributed by atoms with E-state index in [0.717, 1.165) is 50.2 Å². The predicted octanol–water partition coefficient (Wildman–Crippen LogP) is 2.17. The number of rotatable bonds is 4. The molecule has 2 aromatic rings. The van der Waals surface area contributed by atoms with E-state index in [-0.39, 0.29) is 11.8 Å². The Balaban J connectivity index is 1.40. The quantitative estimate of drug-likeness (QED) is 0.842. The molecular formula is C20H27N3O3. The molecule has 4 rings (SSSR count). The van der Waals surface area contributed by atoms with Crippen molar-refractivity contribution in [3.63, 3.8) is 0 Å². The molecule has 0 radical (unpaired) electrons. The molecule has 2 saturated heterocycles. The van der Waals surface area contributed by atoms with Gasteiger partial charge in [0, 0.05) is 57.2 Å². The van der Waals surface area contributed by atoms with Crippen molar-refractivity contribution in [1.82, 2.24) is 14.3 Å². The summed E-state index contributed by atoms with van der Waals surface area (Å²) in [7, 11) is 0. The Bertz CT molecular complexity index is 739. The highest BCUT2D eigenvalue weighted by molar-refractivity contribution is 5.76. The number of carbonyl (C=O) groups excluding carboxylic acids is 1. The first-order valence-corrected chi connectivity index (χ1v) is 9.63. The van der Waals surface area contributed by atoms with Gasteiger partial charge in [-0.15, -0.1) is 0 Å². The van der Waals surface area contributed by atoms with Crippen molar-refractivity contribution in [1.29, 1.82) is 0 Å². The number of ether oxygens (including phenoxy) is 2. The molecule has 0 spiro atoms. The minimum absolute atomic E-state index is 0.265. The molecule has 2 aromatic heterocycles. The maximum absolute atomic E-state index is 12.8. The molecule has 0 saturated carbocycles. The van der Waals surface area contributed by atoms with Crippen LogP contribution in [0.15, 0.2) is 30.7 Å². The van der Waals surface area contributed by atoms with Crippen LogP contribution < -0.4 is 0 Å². The molecule has 1 unspecified atom stereocenters. The number of aromatic nitrogens is 2. The van der Waals surface area contributed by atoms with Crippen LogP contribution in [0.4, 0.5) is 0 Å². The smallest absolute Gasteiger partial charge is 0.222 e. The van der Waals surface area contributed by atoms with Gasteiger partial charge in [0.15, 0.2) is 0 Å². The van der Waals surface area contributed by atoms with Gasteiger partial charge in [-0.25, -0.2) is 0 Å². The average molecular weight is 357 g/mol. The molecule has 1 atom stereocenters. The minimum Gasteiger partial charge on any atom is -0.381 e. The van der Waals surface area contributed by atoms with Gasteiger partial charge in [-0.2, -0.15) is 0 Å². The molecule has 2 fully saturated rings. The van der Waals surface area contributed by atoms with Gasteiger partial charge >= 0.3 is 0 Å². The van der Waals surface area contributed by atoms with Crippen molar-refractivity contribution < 1.29 is 14.3 Å². The largest absolute Gasteiger partial charge is 0.381 e. The number of amides is 1. The molecule has 2 aliphatic heterocycles. The standard InChI is InChI=1S/C20H27N3O3/c24-20(13-16-3-9-25-10-4-16)23-8-11-26-15-17(14-23)12-18-19-2-1-6-22(19)7-5-21-18/h1-2,5-7,16-17H,3-4,8-15H2. The Hall–Kier alpha value is -1.92. The highest BCUT2D eigenvalue weighted by Crippen LogP contribution is 2.22. The van der Waals surface area contributed by atoms with Gasteiger partial charge < -0.3 is 18.8 Å². The Kier molecular flexibility index (Phi) is 5.51. The molecule has 0 aromatic carbocycles. The molecule has 6 nitrogen and oxygen atoms in total. The van der Waals surface area contributed by atoms with Crippen LogP contribution in [-0.2, 0) is 20.7 Å². The highest BCUT2D eigenvalue weighted by atomic mass is 16.5. The van der Waals surface area contributed by atoms with Crippen LogP contribution in [0, 0.1) is 11.8 Å². The van der Waals surface area contributed by atoms with E-state index in [9.17, 15) is 4.79 Å². The van der Waals surface area contributed by atoms with Crippen LogP contribution in [0.25, 0.3) is 5.52 Å². The fraction of sp³-hybridized carbons (Fsp3) is 0.600. The third kappa shape index (κ3) is 4.07. The summed E-state index contributed by atoms with van der Waals surface area (Å²) in [6, 6.07) is 4.13. The Labute approximate surface area is 154 Å². The molecule has 26 heavy (non-hydrogen) atoms. The maximum atomic E-state index is 12.8. The van der Waals surface area contributed by atoms with Gasteiger partial charge in [-0.3, -0.25) is 9.78 Å². The van der Waals surface area contributed by atoms with Gasteiger partial charge in [0.25, 0.3) is 0 Å². The maximum Gasteiger partial charge on any atom is 0.222 e. The fourth-order valence-electron chi connectivity index (χ4n) is 4.02. The Morgan fingerprint density at radius 1 is 1.15 bits per heavy atom. The van der Waals surface area contributed by atoms with E-state index >= 15 is 0 Å². The summed E-state index contributed by atoms with van der Waals surface area (Å²) in [5.41, 5.74) is 2.21. The number of fused-ring (bicyclic) bond motifs is 1. The molecule has 2 aliphatic rings. The minimum atomic E-state index is 0.265. The number of hydrogen-bond donors (Lipinski definition) is 0. The van der Waals surface area contributed by atoms with E-state index in [1.54, 1.807) is 0 Å². The lowest BCUT2D eigenvalue weighted by atomic mass is 9.95. The molecule has 6 heteroatoms. The van der Waals surface area contributed by atoms with E-state index in [0.29, 0.717) is 32.1 Å². The van der Waals surface area contributed by atoms with Gasteiger partial charge in [0.2, 0.25) is 5.91 Å². The molecule has 140 valence electrons. The molecule has 0 N–H and O–H groups in total. The van der Waals surface area contributed by atoms with E-state index in [1.165, 1.54) is 0 Å². The summed E-state index contributed by atoms with van der Waals surface area (Å²) in [6.45, 7) is 4.34. The third-order valence-corrected chi connectivity index (χ3v) is 5.51. The van der Waals surface area contributed by atoms with Crippen LogP contribution in [0.1, 0.15) is 25.0 Å². The topological polar surface area (TPSA) is 56.1 Å². The summed E-state index contributed by atoms with van der Waals surface area (Å²) >= 11 is 0. The second-order valence-corrected chi connectivity index (χ2v) is 7.42. The lowest BCUT2D eigenvalue weighted by molar-refractivity contribution is -0.133. The number of hydrogen-bond acceptors (Lipinski definition) is 4. The molecular weight excluding hydrogens is 330 g/mol. The van der Waals surface area contributed by atoms with E-state index < -0.39 is 0 Å². The first-order valence-electron chi connectivity index (χ1n) is 9.63. The summed E-state index contributed by atoms with van der Waals surface area (Å²) in [5, 5.41) is 0. The van der Waals surface area contributed by atoms with Crippen LogP contribution in [-0.4, -0.2) is 59.7 Å².